The summed E-state index contributed by atoms with van der Waals surface area (Å²) in [6, 6.07) is 1.72. The number of ether oxygens (including phenoxy) is 1. The lowest BCUT2D eigenvalue weighted by atomic mass is 9.91. The fourth-order valence-electron chi connectivity index (χ4n) is 2.06. The molecular weight excluding hydrogens is 234 g/mol. The topological polar surface area (TPSA) is 105 Å². The number of nitrogen functional groups attached to an aromatic ring is 1. The fourth-order valence-corrected chi connectivity index (χ4v) is 2.06. The summed E-state index contributed by atoms with van der Waals surface area (Å²) in [7, 11) is 0. The lowest BCUT2D eigenvalue weighted by Crippen LogP contribution is -2.47. The summed E-state index contributed by atoms with van der Waals surface area (Å²) in [4.78, 5) is 8.42. The number of nitrogens with zero attached hydrogens (tertiary/aromatic N) is 2. The number of hydrogen-bond donors (Lipinski definition) is 4. The molecule has 5 N–H and O–H groups in total. The minimum atomic E-state index is -0.370. The van der Waals surface area contributed by atoms with Gasteiger partial charge in [-0.25, -0.2) is 15.8 Å². The zero-order chi connectivity index (χ0) is 13.0. The molecule has 1 saturated heterocycles. The molecule has 1 aromatic rings. The molecule has 1 aliphatic rings. The molecule has 1 aliphatic heterocycles. The SMILES string of the molecule is Cc1nc(NN)cc(NC2(CO)CCOCC2)n1. The second kappa shape index (κ2) is 5.47. The summed E-state index contributed by atoms with van der Waals surface area (Å²) in [5.41, 5.74) is 2.13. The molecule has 0 unspecified atom stereocenters. The summed E-state index contributed by atoms with van der Waals surface area (Å²) in [6.07, 6.45) is 1.50. The first-order valence-corrected chi connectivity index (χ1v) is 5.96. The molecular formula is C11H19N5O2. The Hall–Kier alpha value is -1.44. The number of hydrogen-bond acceptors (Lipinski definition) is 7. The van der Waals surface area contributed by atoms with E-state index in [2.05, 4.69) is 20.7 Å². The van der Waals surface area contributed by atoms with Gasteiger partial charge in [0.25, 0.3) is 0 Å². The highest BCUT2D eigenvalue weighted by molar-refractivity contribution is 5.48. The van der Waals surface area contributed by atoms with Crippen LogP contribution in [-0.4, -0.2) is 40.4 Å². The van der Waals surface area contributed by atoms with Crippen LogP contribution in [-0.2, 0) is 4.74 Å². The van der Waals surface area contributed by atoms with E-state index in [1.807, 2.05) is 0 Å². The normalized spacial score (nSPS) is 18.4. The highest BCUT2D eigenvalue weighted by Gasteiger charge is 2.32. The number of aliphatic hydroxyl groups is 1. The monoisotopic (exact) mass is 253 g/mol. The summed E-state index contributed by atoms with van der Waals surface area (Å²) < 4.78 is 5.32. The zero-order valence-electron chi connectivity index (χ0n) is 10.4. The predicted octanol–water partition coefficient (Wildman–Crippen LogP) is 0.0240. The summed E-state index contributed by atoms with van der Waals surface area (Å²) in [5, 5.41) is 12.9. The number of aryl methyl sites for hydroxylation is 1. The molecule has 0 aliphatic carbocycles. The van der Waals surface area contributed by atoms with Crippen molar-refractivity contribution in [2.24, 2.45) is 5.84 Å². The predicted molar refractivity (Wildman–Crippen MR) is 68.1 cm³/mol. The van der Waals surface area contributed by atoms with E-state index in [0.29, 0.717) is 30.7 Å². The fraction of sp³-hybridized carbons (Fsp3) is 0.636. The number of hydrazine groups is 1. The van der Waals surface area contributed by atoms with E-state index in [4.69, 9.17) is 10.6 Å². The molecule has 2 rings (SSSR count). The van der Waals surface area contributed by atoms with Gasteiger partial charge in [-0.1, -0.05) is 0 Å². The molecule has 18 heavy (non-hydrogen) atoms. The number of nitrogens with one attached hydrogen (secondary N) is 2. The van der Waals surface area contributed by atoms with Gasteiger partial charge in [-0.15, -0.1) is 0 Å². The van der Waals surface area contributed by atoms with Crippen LogP contribution < -0.4 is 16.6 Å². The molecule has 0 radical (unpaired) electrons. The third-order valence-corrected chi connectivity index (χ3v) is 3.13. The standard InChI is InChI=1S/C11H19N5O2/c1-8-13-9(6-10(14-8)16-12)15-11(7-17)2-4-18-5-3-11/h6,17H,2-5,7,12H2,1H3,(H2,13,14,15,16). The van der Waals surface area contributed by atoms with Crippen molar-refractivity contribution < 1.29 is 9.84 Å². The number of nitrogens with two attached hydrogens (primary N) is 1. The van der Waals surface area contributed by atoms with Crippen LogP contribution in [0.2, 0.25) is 0 Å². The van der Waals surface area contributed by atoms with Gasteiger partial charge in [-0.05, 0) is 19.8 Å². The van der Waals surface area contributed by atoms with Gasteiger partial charge in [-0.2, -0.15) is 0 Å². The largest absolute Gasteiger partial charge is 0.394 e. The number of aromatic nitrogens is 2. The van der Waals surface area contributed by atoms with E-state index < -0.39 is 0 Å². The van der Waals surface area contributed by atoms with Crippen LogP contribution in [0.25, 0.3) is 0 Å². The van der Waals surface area contributed by atoms with Crippen molar-refractivity contribution in [3.63, 3.8) is 0 Å². The first kappa shape index (κ1) is 13.0. The van der Waals surface area contributed by atoms with E-state index in [1.165, 1.54) is 0 Å². The van der Waals surface area contributed by atoms with Crippen LogP contribution in [0.3, 0.4) is 0 Å². The van der Waals surface area contributed by atoms with Crippen molar-refractivity contribution in [2.45, 2.75) is 25.3 Å². The summed E-state index contributed by atoms with van der Waals surface area (Å²) in [5.74, 6) is 7.17. The number of rotatable bonds is 4. The van der Waals surface area contributed by atoms with Crippen LogP contribution in [0.4, 0.5) is 11.6 Å². The highest BCUT2D eigenvalue weighted by Crippen LogP contribution is 2.25. The van der Waals surface area contributed by atoms with Gasteiger partial charge >= 0.3 is 0 Å². The Bertz CT molecular complexity index is 406. The molecule has 0 atom stereocenters. The van der Waals surface area contributed by atoms with Gasteiger partial charge in [0.15, 0.2) is 0 Å². The van der Waals surface area contributed by atoms with Crippen LogP contribution in [0.15, 0.2) is 6.07 Å². The third-order valence-electron chi connectivity index (χ3n) is 3.13. The molecule has 7 nitrogen and oxygen atoms in total. The van der Waals surface area contributed by atoms with Crippen LogP contribution in [0, 0.1) is 6.92 Å². The second-order valence-corrected chi connectivity index (χ2v) is 4.51. The van der Waals surface area contributed by atoms with Gasteiger partial charge in [-0.3, -0.25) is 0 Å². The lowest BCUT2D eigenvalue weighted by molar-refractivity contribution is 0.0378. The molecule has 0 amide bonds. The molecule has 7 heteroatoms. The van der Waals surface area contributed by atoms with Crippen molar-refractivity contribution in [3.05, 3.63) is 11.9 Å². The van der Waals surface area contributed by atoms with Gasteiger partial charge in [0.05, 0.1) is 12.1 Å². The first-order chi connectivity index (χ1) is 8.67. The summed E-state index contributed by atoms with van der Waals surface area (Å²) in [6.45, 7) is 3.12. The lowest BCUT2D eigenvalue weighted by Gasteiger charge is -2.36. The van der Waals surface area contributed by atoms with Gasteiger partial charge in [0.2, 0.25) is 0 Å². The number of anilines is 2. The Morgan fingerprint density at radius 1 is 1.39 bits per heavy atom. The van der Waals surface area contributed by atoms with Crippen molar-refractivity contribution >= 4 is 11.6 Å². The number of aliphatic hydroxyl groups excluding tert-OH is 1. The molecule has 0 spiro atoms. The maximum absolute atomic E-state index is 9.60. The zero-order valence-corrected chi connectivity index (χ0v) is 10.4. The van der Waals surface area contributed by atoms with E-state index in [9.17, 15) is 5.11 Å². The smallest absolute Gasteiger partial charge is 0.145 e. The van der Waals surface area contributed by atoms with E-state index in [0.717, 1.165) is 12.8 Å². The average Bonchev–Trinajstić information content (AvgIpc) is 2.39. The maximum Gasteiger partial charge on any atom is 0.145 e. The third kappa shape index (κ3) is 2.87. The Kier molecular flexibility index (Phi) is 3.95. The van der Waals surface area contributed by atoms with Gasteiger partial charge < -0.3 is 20.6 Å². The van der Waals surface area contributed by atoms with E-state index >= 15 is 0 Å². The summed E-state index contributed by atoms with van der Waals surface area (Å²) >= 11 is 0. The van der Waals surface area contributed by atoms with Crippen molar-refractivity contribution in [1.29, 1.82) is 0 Å². The van der Waals surface area contributed by atoms with E-state index in [-0.39, 0.29) is 12.1 Å². The minimum Gasteiger partial charge on any atom is -0.394 e. The van der Waals surface area contributed by atoms with Crippen LogP contribution in [0.1, 0.15) is 18.7 Å². The minimum absolute atomic E-state index is 0.0464. The molecule has 100 valence electrons. The molecule has 0 aromatic carbocycles. The quantitative estimate of drug-likeness (QED) is 0.443. The highest BCUT2D eigenvalue weighted by atomic mass is 16.5. The maximum atomic E-state index is 9.60. The Balaban J connectivity index is 2.18. The second-order valence-electron chi connectivity index (χ2n) is 4.51. The van der Waals surface area contributed by atoms with Gasteiger partial charge in [0.1, 0.15) is 17.5 Å². The molecule has 0 bridgehead atoms. The molecule has 1 aromatic heterocycles. The Morgan fingerprint density at radius 2 is 2.06 bits per heavy atom. The molecule has 2 heterocycles. The average molecular weight is 253 g/mol. The van der Waals surface area contributed by atoms with Gasteiger partial charge in [0, 0.05) is 19.3 Å². The van der Waals surface area contributed by atoms with Crippen molar-refractivity contribution in [2.75, 3.05) is 30.6 Å². The molecule has 1 fully saturated rings. The Morgan fingerprint density at radius 3 is 2.67 bits per heavy atom. The van der Waals surface area contributed by atoms with Crippen LogP contribution >= 0.6 is 0 Å². The van der Waals surface area contributed by atoms with Crippen molar-refractivity contribution in [1.82, 2.24) is 9.97 Å². The Labute approximate surface area is 106 Å². The first-order valence-electron chi connectivity index (χ1n) is 5.96. The van der Waals surface area contributed by atoms with Crippen molar-refractivity contribution in [3.8, 4) is 0 Å². The molecule has 0 saturated carbocycles. The van der Waals surface area contributed by atoms with Crippen LogP contribution in [0.5, 0.6) is 0 Å². The van der Waals surface area contributed by atoms with E-state index in [1.54, 1.807) is 13.0 Å².